The minimum absolute atomic E-state index is 1.07. The number of fused-ring (bicyclic) bond motifs is 4. The molecule has 0 saturated heterocycles. The highest BCUT2D eigenvalue weighted by molar-refractivity contribution is 5.81. The second kappa shape index (κ2) is 5.06. The van der Waals surface area contributed by atoms with E-state index in [4.69, 9.17) is 4.42 Å². The van der Waals surface area contributed by atoms with Crippen molar-refractivity contribution in [2.45, 2.75) is 32.1 Å². The molecule has 0 radical (unpaired) electrons. The lowest BCUT2D eigenvalue weighted by atomic mass is 9.84. The lowest BCUT2D eigenvalue weighted by Crippen LogP contribution is -2.08. The van der Waals surface area contributed by atoms with Gasteiger partial charge in [-0.15, -0.1) is 0 Å². The zero-order chi connectivity index (χ0) is 15.2. The summed E-state index contributed by atoms with van der Waals surface area (Å²) in [6.07, 6.45) is 5.62. The van der Waals surface area contributed by atoms with Crippen LogP contribution in [0.5, 0.6) is 0 Å². The van der Waals surface area contributed by atoms with Crippen LogP contribution in [-0.2, 0) is 25.7 Å². The number of aryl methyl sites for hydroxylation is 2. The fraction of sp³-hybridized carbons (Fsp3) is 0.227. The molecular formula is C22H19O+. The Bertz CT molecular complexity index is 893. The zero-order valence-electron chi connectivity index (χ0n) is 13.1. The SMILES string of the molecule is c1ccc(-c2c3c([o+]c4c2CCc2ccccc2-4)CCC3)cc1. The predicted molar refractivity (Wildman–Crippen MR) is 93.4 cm³/mol. The van der Waals surface area contributed by atoms with E-state index in [-0.39, 0.29) is 0 Å². The maximum atomic E-state index is 6.43. The van der Waals surface area contributed by atoms with Crippen molar-refractivity contribution in [3.63, 3.8) is 0 Å². The average molecular weight is 299 g/mol. The highest BCUT2D eigenvalue weighted by atomic mass is 16.3. The minimum atomic E-state index is 1.07. The molecule has 0 unspecified atom stereocenters. The fourth-order valence-corrected chi connectivity index (χ4v) is 4.20. The maximum Gasteiger partial charge on any atom is 0.364 e. The molecule has 0 atom stereocenters. The van der Waals surface area contributed by atoms with Crippen LogP contribution in [0, 0.1) is 0 Å². The molecule has 0 fully saturated rings. The van der Waals surface area contributed by atoms with E-state index >= 15 is 0 Å². The van der Waals surface area contributed by atoms with Gasteiger partial charge in [-0.3, -0.25) is 0 Å². The lowest BCUT2D eigenvalue weighted by Gasteiger charge is -2.17. The van der Waals surface area contributed by atoms with Gasteiger partial charge in [0.1, 0.15) is 0 Å². The van der Waals surface area contributed by atoms with E-state index in [1.54, 1.807) is 0 Å². The molecule has 2 aliphatic carbocycles. The van der Waals surface area contributed by atoms with Crippen molar-refractivity contribution >= 4 is 0 Å². The van der Waals surface area contributed by atoms with Gasteiger partial charge in [0.2, 0.25) is 0 Å². The Morgan fingerprint density at radius 1 is 0.696 bits per heavy atom. The second-order valence-electron chi connectivity index (χ2n) is 6.56. The van der Waals surface area contributed by atoms with Crippen molar-refractivity contribution in [3.8, 4) is 22.5 Å². The monoisotopic (exact) mass is 299 g/mol. The molecule has 2 aliphatic rings. The van der Waals surface area contributed by atoms with Crippen LogP contribution in [-0.4, -0.2) is 0 Å². The van der Waals surface area contributed by atoms with E-state index in [1.165, 1.54) is 45.6 Å². The van der Waals surface area contributed by atoms with Gasteiger partial charge >= 0.3 is 11.5 Å². The molecule has 0 N–H and O–H groups in total. The molecular weight excluding hydrogens is 280 g/mol. The summed E-state index contributed by atoms with van der Waals surface area (Å²) in [7, 11) is 0. The third kappa shape index (κ3) is 1.96. The van der Waals surface area contributed by atoms with E-state index in [0.717, 1.165) is 31.4 Å². The molecule has 1 heterocycles. The normalized spacial score (nSPS) is 15.0. The molecule has 23 heavy (non-hydrogen) atoms. The van der Waals surface area contributed by atoms with E-state index in [2.05, 4.69) is 54.6 Å². The largest absolute Gasteiger partial charge is 0.364 e. The fourth-order valence-electron chi connectivity index (χ4n) is 4.20. The van der Waals surface area contributed by atoms with Gasteiger partial charge in [0, 0.05) is 5.56 Å². The molecule has 1 nitrogen and oxygen atoms in total. The number of hydrogen-bond acceptors (Lipinski definition) is 0. The molecule has 1 heteroatoms. The summed E-state index contributed by atoms with van der Waals surface area (Å²) >= 11 is 0. The van der Waals surface area contributed by atoms with Crippen molar-refractivity contribution in [2.24, 2.45) is 0 Å². The predicted octanol–water partition coefficient (Wildman–Crippen LogP) is 5.48. The van der Waals surface area contributed by atoms with Gasteiger partial charge in [-0.05, 0) is 42.9 Å². The van der Waals surface area contributed by atoms with E-state index in [1.807, 2.05) is 0 Å². The number of hydrogen-bond donors (Lipinski definition) is 0. The first-order chi connectivity index (χ1) is 11.4. The van der Waals surface area contributed by atoms with Crippen LogP contribution in [0.3, 0.4) is 0 Å². The third-order valence-electron chi connectivity index (χ3n) is 5.24. The van der Waals surface area contributed by atoms with Gasteiger partial charge < -0.3 is 0 Å². The molecule has 112 valence electrons. The molecule has 0 amide bonds. The number of benzene rings is 2. The highest BCUT2D eigenvalue weighted by Gasteiger charge is 2.36. The first kappa shape index (κ1) is 13.1. The van der Waals surface area contributed by atoms with Gasteiger partial charge in [-0.1, -0.05) is 48.5 Å². The Labute approximate surface area is 136 Å². The Morgan fingerprint density at radius 3 is 2.43 bits per heavy atom. The molecule has 1 aromatic heterocycles. The van der Waals surface area contributed by atoms with Crippen LogP contribution in [0.15, 0.2) is 59.0 Å². The quantitative estimate of drug-likeness (QED) is 0.541. The summed E-state index contributed by atoms with van der Waals surface area (Å²) in [5, 5.41) is 0. The average Bonchev–Trinajstić information content (AvgIpc) is 3.08. The smallest absolute Gasteiger partial charge is 0.212 e. The van der Waals surface area contributed by atoms with Crippen LogP contribution in [0.2, 0.25) is 0 Å². The van der Waals surface area contributed by atoms with Gasteiger partial charge in [0.15, 0.2) is 0 Å². The number of rotatable bonds is 1. The molecule has 0 bridgehead atoms. The Kier molecular flexibility index (Phi) is 2.87. The second-order valence-corrected chi connectivity index (χ2v) is 6.56. The summed E-state index contributed by atoms with van der Waals surface area (Å²) in [6, 6.07) is 19.6. The molecule has 2 aromatic carbocycles. The minimum Gasteiger partial charge on any atom is -0.212 e. The Hall–Kier alpha value is -2.41. The summed E-state index contributed by atoms with van der Waals surface area (Å²) in [6.45, 7) is 0. The summed E-state index contributed by atoms with van der Waals surface area (Å²) < 4.78 is 6.43. The Balaban J connectivity index is 1.85. The van der Waals surface area contributed by atoms with E-state index < -0.39 is 0 Å². The third-order valence-corrected chi connectivity index (χ3v) is 5.24. The zero-order valence-corrected chi connectivity index (χ0v) is 13.1. The van der Waals surface area contributed by atoms with Crippen LogP contribution in [0.1, 0.15) is 28.9 Å². The van der Waals surface area contributed by atoms with Crippen molar-refractivity contribution < 1.29 is 4.42 Å². The van der Waals surface area contributed by atoms with Crippen LogP contribution in [0.4, 0.5) is 0 Å². The van der Waals surface area contributed by atoms with Crippen molar-refractivity contribution in [1.82, 2.24) is 0 Å². The van der Waals surface area contributed by atoms with Crippen molar-refractivity contribution in [2.75, 3.05) is 0 Å². The van der Waals surface area contributed by atoms with Crippen molar-refractivity contribution in [1.29, 1.82) is 0 Å². The lowest BCUT2D eigenvalue weighted by molar-refractivity contribution is 0.506. The van der Waals surface area contributed by atoms with Crippen LogP contribution in [0.25, 0.3) is 22.5 Å². The molecule has 3 aromatic rings. The van der Waals surface area contributed by atoms with Gasteiger partial charge in [0.05, 0.1) is 23.1 Å². The maximum absolute atomic E-state index is 6.43. The first-order valence-electron chi connectivity index (χ1n) is 8.56. The highest BCUT2D eigenvalue weighted by Crippen LogP contribution is 2.44. The first-order valence-corrected chi connectivity index (χ1v) is 8.56. The molecule has 0 aliphatic heterocycles. The summed E-state index contributed by atoms with van der Waals surface area (Å²) in [4.78, 5) is 0. The topological polar surface area (TPSA) is 11.3 Å². The molecule has 5 rings (SSSR count). The van der Waals surface area contributed by atoms with Crippen LogP contribution >= 0.6 is 0 Å². The molecule has 0 saturated carbocycles. The van der Waals surface area contributed by atoms with Crippen LogP contribution < -0.4 is 0 Å². The van der Waals surface area contributed by atoms with Gasteiger partial charge in [-0.25, -0.2) is 4.42 Å². The Morgan fingerprint density at radius 2 is 1.52 bits per heavy atom. The standard InChI is InChI=1S/C22H19O/c1-2-8-16(9-3-1)21-18-11-6-12-20(18)23-22-17-10-5-4-7-15(17)13-14-19(21)22/h1-5,7-10H,6,11-14H2/q+1. The molecule has 0 spiro atoms. The summed E-state index contributed by atoms with van der Waals surface area (Å²) in [5.41, 5.74) is 8.37. The van der Waals surface area contributed by atoms with E-state index in [9.17, 15) is 0 Å². The van der Waals surface area contributed by atoms with Gasteiger partial charge in [-0.2, -0.15) is 0 Å². The summed E-state index contributed by atoms with van der Waals surface area (Å²) in [5.74, 6) is 2.32. The van der Waals surface area contributed by atoms with Gasteiger partial charge in [0.25, 0.3) is 0 Å². The van der Waals surface area contributed by atoms with E-state index in [0.29, 0.717) is 0 Å². The van der Waals surface area contributed by atoms with Crippen molar-refractivity contribution in [3.05, 3.63) is 77.0 Å².